The molecule has 0 spiro atoms. The molecule has 2 heterocycles. The van der Waals surface area contributed by atoms with Crippen LogP contribution in [0.25, 0.3) is 11.4 Å². The molecule has 0 aliphatic carbocycles. The minimum Gasteiger partial charge on any atom is -0.464 e. The Hall–Kier alpha value is -2.17. The summed E-state index contributed by atoms with van der Waals surface area (Å²) in [6.45, 7) is 0. The lowest BCUT2D eigenvalue weighted by atomic mass is 10.2. The highest BCUT2D eigenvalue weighted by atomic mass is 16.5. The lowest BCUT2D eigenvalue weighted by Crippen LogP contribution is -2.03. The van der Waals surface area contributed by atoms with Gasteiger partial charge >= 0.3 is 5.97 Å². The van der Waals surface area contributed by atoms with Crippen molar-refractivity contribution in [2.24, 2.45) is 7.05 Å². The fourth-order valence-electron chi connectivity index (χ4n) is 1.43. The summed E-state index contributed by atoms with van der Waals surface area (Å²) in [5, 5.41) is 4.06. The molecule has 0 N–H and O–H groups in total. The van der Waals surface area contributed by atoms with Crippen molar-refractivity contribution >= 4 is 5.97 Å². The second-order valence-electron chi connectivity index (χ2n) is 3.24. The van der Waals surface area contributed by atoms with E-state index in [4.69, 9.17) is 0 Å². The number of ether oxygens (including phenoxy) is 1. The van der Waals surface area contributed by atoms with Crippen LogP contribution in [0.1, 0.15) is 10.5 Å². The fourth-order valence-corrected chi connectivity index (χ4v) is 1.43. The van der Waals surface area contributed by atoms with Gasteiger partial charge in [-0.15, -0.1) is 0 Å². The molecule has 2 rings (SSSR count). The van der Waals surface area contributed by atoms with Crippen LogP contribution in [0, 0.1) is 0 Å². The minimum absolute atomic E-state index is 0.283. The Bertz CT molecular complexity index is 505. The number of carbonyl (C=O) groups excluding carboxylic acids is 1. The Kier molecular flexibility index (Phi) is 2.68. The van der Waals surface area contributed by atoms with Gasteiger partial charge in [-0.3, -0.25) is 9.67 Å². The Morgan fingerprint density at radius 3 is 2.88 bits per heavy atom. The lowest BCUT2D eigenvalue weighted by molar-refractivity contribution is 0.0593. The molecule has 5 nitrogen and oxygen atoms in total. The molecule has 2 aromatic heterocycles. The Morgan fingerprint density at radius 1 is 1.44 bits per heavy atom. The molecule has 82 valence electrons. The second kappa shape index (κ2) is 4.14. The molecule has 0 saturated heterocycles. The number of pyridine rings is 1. The number of hydrogen-bond donors (Lipinski definition) is 0. The molecule has 0 unspecified atom stereocenters. The van der Waals surface area contributed by atoms with E-state index in [1.807, 2.05) is 18.2 Å². The van der Waals surface area contributed by atoms with E-state index in [1.165, 1.54) is 7.11 Å². The van der Waals surface area contributed by atoms with Gasteiger partial charge in [0.1, 0.15) is 0 Å². The summed E-state index contributed by atoms with van der Waals surface area (Å²) in [4.78, 5) is 15.5. The molecule has 2 aromatic rings. The van der Waals surface area contributed by atoms with Crippen LogP contribution >= 0.6 is 0 Å². The van der Waals surface area contributed by atoms with Gasteiger partial charge in [-0.2, -0.15) is 5.10 Å². The molecule has 16 heavy (non-hydrogen) atoms. The normalized spacial score (nSPS) is 10.1. The molecular weight excluding hydrogens is 206 g/mol. The molecule has 0 aromatic carbocycles. The molecule has 5 heteroatoms. The third kappa shape index (κ3) is 1.79. The lowest BCUT2D eigenvalue weighted by Gasteiger charge is -1.98. The third-order valence-corrected chi connectivity index (χ3v) is 2.20. The van der Waals surface area contributed by atoms with Crippen LogP contribution in [0.3, 0.4) is 0 Å². The summed E-state index contributed by atoms with van der Waals surface area (Å²) in [5.74, 6) is -0.446. The molecule has 0 aliphatic heterocycles. The van der Waals surface area contributed by atoms with Crippen molar-refractivity contribution in [1.82, 2.24) is 14.8 Å². The van der Waals surface area contributed by atoms with Gasteiger partial charge in [0.15, 0.2) is 5.69 Å². The Morgan fingerprint density at radius 2 is 2.25 bits per heavy atom. The first-order valence-electron chi connectivity index (χ1n) is 4.76. The highest BCUT2D eigenvalue weighted by Gasteiger charge is 2.14. The summed E-state index contributed by atoms with van der Waals surface area (Å²) in [7, 11) is 3.09. The van der Waals surface area contributed by atoms with Gasteiger partial charge in [0.05, 0.1) is 18.5 Å². The maximum absolute atomic E-state index is 11.3. The maximum Gasteiger partial charge on any atom is 0.358 e. The average molecular weight is 217 g/mol. The van der Waals surface area contributed by atoms with Crippen LogP contribution in [-0.4, -0.2) is 27.8 Å². The van der Waals surface area contributed by atoms with Crippen LogP contribution in [-0.2, 0) is 11.8 Å². The smallest absolute Gasteiger partial charge is 0.358 e. The highest BCUT2D eigenvalue weighted by Crippen LogP contribution is 2.17. The van der Waals surface area contributed by atoms with Crippen LogP contribution in [0.4, 0.5) is 0 Å². The van der Waals surface area contributed by atoms with Gasteiger partial charge in [-0.25, -0.2) is 4.79 Å². The second-order valence-corrected chi connectivity index (χ2v) is 3.24. The molecule has 0 fully saturated rings. The van der Waals surface area contributed by atoms with Gasteiger partial charge < -0.3 is 4.74 Å². The van der Waals surface area contributed by atoms with Gasteiger partial charge in [0.25, 0.3) is 0 Å². The van der Waals surface area contributed by atoms with Crippen LogP contribution in [0.2, 0.25) is 0 Å². The van der Waals surface area contributed by atoms with E-state index in [0.29, 0.717) is 0 Å². The molecule has 0 bridgehead atoms. The first kappa shape index (κ1) is 10.4. The maximum atomic E-state index is 11.3. The Balaban J connectivity index is 2.44. The standard InChI is InChI=1S/C11H11N3O2/c1-14-10(8-5-3-4-6-12-8)7-9(13-14)11(15)16-2/h3-7H,1-2H3. The molecular formula is C11H11N3O2. The Labute approximate surface area is 92.7 Å². The van der Waals surface area contributed by atoms with Crippen molar-refractivity contribution in [3.63, 3.8) is 0 Å². The van der Waals surface area contributed by atoms with Gasteiger partial charge in [0.2, 0.25) is 0 Å². The minimum atomic E-state index is -0.446. The zero-order chi connectivity index (χ0) is 11.5. The topological polar surface area (TPSA) is 57.0 Å². The van der Waals surface area contributed by atoms with Crippen LogP contribution in [0.5, 0.6) is 0 Å². The van der Waals surface area contributed by atoms with E-state index < -0.39 is 5.97 Å². The van der Waals surface area contributed by atoms with Gasteiger partial charge in [0, 0.05) is 19.3 Å². The van der Waals surface area contributed by atoms with Crippen molar-refractivity contribution in [3.8, 4) is 11.4 Å². The molecule has 0 radical (unpaired) electrons. The largest absolute Gasteiger partial charge is 0.464 e. The SMILES string of the molecule is COC(=O)c1cc(-c2ccccn2)n(C)n1. The zero-order valence-corrected chi connectivity index (χ0v) is 9.04. The number of aryl methyl sites for hydroxylation is 1. The number of aromatic nitrogens is 3. The number of methoxy groups -OCH3 is 1. The molecule has 0 amide bonds. The summed E-state index contributed by atoms with van der Waals surface area (Å²) >= 11 is 0. The predicted molar refractivity (Wildman–Crippen MR) is 57.8 cm³/mol. The van der Waals surface area contributed by atoms with E-state index in [-0.39, 0.29) is 5.69 Å². The van der Waals surface area contributed by atoms with Crippen molar-refractivity contribution in [3.05, 3.63) is 36.2 Å². The van der Waals surface area contributed by atoms with Crippen LogP contribution < -0.4 is 0 Å². The summed E-state index contributed by atoms with van der Waals surface area (Å²) in [6, 6.07) is 7.24. The van der Waals surface area contributed by atoms with E-state index in [9.17, 15) is 4.79 Å². The van der Waals surface area contributed by atoms with E-state index in [2.05, 4.69) is 14.8 Å². The van der Waals surface area contributed by atoms with Crippen LogP contribution in [0.15, 0.2) is 30.5 Å². The fraction of sp³-hybridized carbons (Fsp3) is 0.182. The average Bonchev–Trinajstić information content (AvgIpc) is 2.71. The van der Waals surface area contributed by atoms with E-state index >= 15 is 0 Å². The summed E-state index contributed by atoms with van der Waals surface area (Å²) < 4.78 is 6.21. The quantitative estimate of drug-likeness (QED) is 0.711. The van der Waals surface area contributed by atoms with Crippen molar-refractivity contribution < 1.29 is 9.53 Å². The van der Waals surface area contributed by atoms with Gasteiger partial charge in [-0.05, 0) is 12.1 Å². The number of rotatable bonds is 2. The highest BCUT2D eigenvalue weighted by molar-refractivity contribution is 5.88. The zero-order valence-electron chi connectivity index (χ0n) is 9.04. The first-order chi connectivity index (χ1) is 7.72. The van der Waals surface area contributed by atoms with Gasteiger partial charge in [-0.1, -0.05) is 6.07 Å². The molecule has 0 atom stereocenters. The van der Waals surface area contributed by atoms with Crippen molar-refractivity contribution in [1.29, 1.82) is 0 Å². The molecule has 0 aliphatic rings. The van der Waals surface area contributed by atoms with E-state index in [0.717, 1.165) is 11.4 Å². The van der Waals surface area contributed by atoms with E-state index in [1.54, 1.807) is 24.0 Å². The molecule has 0 saturated carbocycles. The monoisotopic (exact) mass is 217 g/mol. The predicted octanol–water partition coefficient (Wildman–Crippen LogP) is 1.27. The summed E-state index contributed by atoms with van der Waals surface area (Å²) in [5.41, 5.74) is 1.83. The third-order valence-electron chi connectivity index (χ3n) is 2.20. The van der Waals surface area contributed by atoms with Crippen molar-refractivity contribution in [2.75, 3.05) is 7.11 Å². The first-order valence-corrected chi connectivity index (χ1v) is 4.76. The summed E-state index contributed by atoms with van der Waals surface area (Å²) in [6.07, 6.45) is 1.69. The number of carbonyl (C=O) groups is 1. The number of nitrogens with zero attached hydrogens (tertiary/aromatic N) is 3. The number of hydrogen-bond acceptors (Lipinski definition) is 4. The number of esters is 1. The van der Waals surface area contributed by atoms with Crippen molar-refractivity contribution in [2.45, 2.75) is 0 Å².